The van der Waals surface area contributed by atoms with Crippen LogP contribution in [0.1, 0.15) is 35.2 Å². The summed E-state index contributed by atoms with van der Waals surface area (Å²) in [6.07, 6.45) is 4.84. The van der Waals surface area contributed by atoms with Crippen molar-refractivity contribution in [1.82, 2.24) is 15.2 Å². The van der Waals surface area contributed by atoms with Gasteiger partial charge in [0.2, 0.25) is 0 Å². The van der Waals surface area contributed by atoms with Crippen LogP contribution in [-0.4, -0.2) is 9.78 Å². The average molecular weight is 258 g/mol. The molecule has 0 fully saturated rings. The molecule has 4 heteroatoms. The van der Waals surface area contributed by atoms with Gasteiger partial charge in [-0.2, -0.15) is 5.10 Å². The minimum Gasteiger partial charge on any atom is -0.273 e. The maximum atomic E-state index is 5.72. The maximum absolute atomic E-state index is 5.72. The Hall–Kier alpha value is -1.65. The molecule has 0 bridgehead atoms. The predicted molar refractivity (Wildman–Crippen MR) is 77.6 cm³/mol. The first-order valence-electron chi connectivity index (χ1n) is 6.68. The molecule has 0 spiro atoms. The molecule has 2 rings (SSSR count). The van der Waals surface area contributed by atoms with Crippen molar-refractivity contribution in [1.29, 1.82) is 0 Å². The average Bonchev–Trinajstić information content (AvgIpc) is 2.84. The third-order valence-electron chi connectivity index (χ3n) is 3.45. The van der Waals surface area contributed by atoms with E-state index in [1.54, 1.807) is 0 Å². The van der Waals surface area contributed by atoms with Crippen LogP contribution in [-0.2, 0) is 13.0 Å². The van der Waals surface area contributed by atoms with E-state index in [1.807, 2.05) is 10.9 Å². The van der Waals surface area contributed by atoms with Gasteiger partial charge < -0.3 is 0 Å². The van der Waals surface area contributed by atoms with Crippen molar-refractivity contribution in [2.45, 2.75) is 39.8 Å². The minimum atomic E-state index is 0.120. The van der Waals surface area contributed by atoms with E-state index in [4.69, 9.17) is 5.84 Å². The van der Waals surface area contributed by atoms with Gasteiger partial charge in [-0.1, -0.05) is 23.8 Å². The third kappa shape index (κ3) is 3.22. The summed E-state index contributed by atoms with van der Waals surface area (Å²) in [6.45, 7) is 7.21. The standard InChI is InChI=1S/C15H22N4/c1-4-19-10-13(9-17-19)8-15(18-16)14-6-5-11(2)7-12(14)3/h5-7,9-10,15,18H,4,8,16H2,1-3H3. The largest absolute Gasteiger partial charge is 0.273 e. The molecule has 3 N–H and O–H groups in total. The van der Waals surface area contributed by atoms with Gasteiger partial charge in [-0.25, -0.2) is 0 Å². The van der Waals surface area contributed by atoms with Crippen LogP contribution >= 0.6 is 0 Å². The van der Waals surface area contributed by atoms with E-state index in [2.05, 4.69) is 55.7 Å². The normalized spacial score (nSPS) is 12.6. The predicted octanol–water partition coefficient (Wildman–Crippen LogP) is 2.27. The van der Waals surface area contributed by atoms with Crippen LogP contribution in [0.2, 0.25) is 0 Å². The van der Waals surface area contributed by atoms with Crippen LogP contribution in [0.5, 0.6) is 0 Å². The van der Waals surface area contributed by atoms with Gasteiger partial charge in [-0.05, 0) is 43.9 Å². The molecule has 0 aliphatic heterocycles. The zero-order valence-electron chi connectivity index (χ0n) is 11.9. The number of nitrogens with one attached hydrogen (secondary N) is 1. The number of hydrogen-bond acceptors (Lipinski definition) is 3. The van der Waals surface area contributed by atoms with E-state index in [0.717, 1.165) is 13.0 Å². The van der Waals surface area contributed by atoms with Gasteiger partial charge in [-0.3, -0.25) is 16.0 Å². The van der Waals surface area contributed by atoms with Gasteiger partial charge in [0.05, 0.1) is 12.2 Å². The molecular formula is C15H22N4. The summed E-state index contributed by atoms with van der Waals surface area (Å²) in [4.78, 5) is 0. The zero-order chi connectivity index (χ0) is 13.8. The van der Waals surface area contributed by atoms with Crippen LogP contribution in [0.3, 0.4) is 0 Å². The zero-order valence-corrected chi connectivity index (χ0v) is 11.9. The van der Waals surface area contributed by atoms with Gasteiger partial charge in [0, 0.05) is 12.7 Å². The Kier molecular flexibility index (Phi) is 4.35. The first-order valence-corrected chi connectivity index (χ1v) is 6.68. The van der Waals surface area contributed by atoms with Crippen LogP contribution in [0.25, 0.3) is 0 Å². The van der Waals surface area contributed by atoms with E-state index < -0.39 is 0 Å². The Morgan fingerprint density at radius 1 is 1.37 bits per heavy atom. The number of hydrazine groups is 1. The highest BCUT2D eigenvalue weighted by Crippen LogP contribution is 2.22. The number of rotatable bonds is 5. The van der Waals surface area contributed by atoms with Gasteiger partial charge in [0.15, 0.2) is 0 Å². The van der Waals surface area contributed by atoms with Crippen molar-refractivity contribution in [2.24, 2.45) is 5.84 Å². The van der Waals surface area contributed by atoms with Crippen LogP contribution in [0, 0.1) is 13.8 Å². The van der Waals surface area contributed by atoms with Crippen LogP contribution < -0.4 is 11.3 Å². The molecule has 1 unspecified atom stereocenters. The fourth-order valence-corrected chi connectivity index (χ4v) is 2.40. The molecule has 2 aromatic rings. The number of aromatic nitrogens is 2. The lowest BCUT2D eigenvalue weighted by Gasteiger charge is -2.18. The molecule has 0 amide bonds. The molecule has 1 atom stereocenters. The SMILES string of the molecule is CCn1cc(CC(NN)c2ccc(C)cc2C)cn1. The summed E-state index contributed by atoms with van der Waals surface area (Å²) < 4.78 is 1.94. The molecule has 0 saturated carbocycles. The molecule has 0 saturated heterocycles. The number of nitrogens with two attached hydrogens (primary N) is 1. The Labute approximate surface area is 114 Å². The van der Waals surface area contributed by atoms with Crippen molar-refractivity contribution in [2.75, 3.05) is 0 Å². The van der Waals surface area contributed by atoms with Crippen molar-refractivity contribution < 1.29 is 0 Å². The van der Waals surface area contributed by atoms with E-state index in [1.165, 1.54) is 22.3 Å². The number of benzene rings is 1. The van der Waals surface area contributed by atoms with Crippen molar-refractivity contribution in [3.63, 3.8) is 0 Å². The van der Waals surface area contributed by atoms with Gasteiger partial charge in [-0.15, -0.1) is 0 Å². The first-order chi connectivity index (χ1) is 9.13. The Bertz CT molecular complexity index is 545. The van der Waals surface area contributed by atoms with Gasteiger partial charge >= 0.3 is 0 Å². The monoisotopic (exact) mass is 258 g/mol. The maximum Gasteiger partial charge on any atom is 0.0522 e. The minimum absolute atomic E-state index is 0.120. The molecule has 102 valence electrons. The summed E-state index contributed by atoms with van der Waals surface area (Å²) in [5.41, 5.74) is 7.91. The third-order valence-corrected chi connectivity index (χ3v) is 3.45. The summed E-state index contributed by atoms with van der Waals surface area (Å²) >= 11 is 0. The van der Waals surface area contributed by atoms with E-state index in [0.29, 0.717) is 0 Å². The van der Waals surface area contributed by atoms with E-state index in [-0.39, 0.29) is 6.04 Å². The molecular weight excluding hydrogens is 236 g/mol. The first kappa shape index (κ1) is 13.8. The summed E-state index contributed by atoms with van der Waals surface area (Å²) in [5, 5.41) is 4.30. The molecule has 0 aliphatic carbocycles. The lowest BCUT2D eigenvalue weighted by atomic mass is 9.96. The number of aryl methyl sites for hydroxylation is 3. The smallest absolute Gasteiger partial charge is 0.0522 e. The Morgan fingerprint density at radius 2 is 2.16 bits per heavy atom. The van der Waals surface area contributed by atoms with Crippen LogP contribution in [0.4, 0.5) is 0 Å². The van der Waals surface area contributed by atoms with E-state index in [9.17, 15) is 0 Å². The highest BCUT2D eigenvalue weighted by molar-refractivity contribution is 5.33. The fraction of sp³-hybridized carbons (Fsp3) is 0.400. The second kappa shape index (κ2) is 5.99. The van der Waals surface area contributed by atoms with Crippen molar-refractivity contribution in [3.8, 4) is 0 Å². The highest BCUT2D eigenvalue weighted by Gasteiger charge is 2.14. The van der Waals surface area contributed by atoms with Gasteiger partial charge in [0.25, 0.3) is 0 Å². The lowest BCUT2D eigenvalue weighted by molar-refractivity contribution is 0.548. The summed E-state index contributed by atoms with van der Waals surface area (Å²) in [5.74, 6) is 5.72. The Morgan fingerprint density at radius 3 is 2.74 bits per heavy atom. The molecule has 0 aliphatic rings. The molecule has 1 heterocycles. The lowest BCUT2D eigenvalue weighted by Crippen LogP contribution is -2.30. The highest BCUT2D eigenvalue weighted by atomic mass is 15.3. The molecule has 1 aromatic carbocycles. The van der Waals surface area contributed by atoms with Crippen molar-refractivity contribution in [3.05, 3.63) is 52.8 Å². The molecule has 1 aromatic heterocycles. The second-order valence-corrected chi connectivity index (χ2v) is 4.99. The van der Waals surface area contributed by atoms with Gasteiger partial charge in [0.1, 0.15) is 0 Å². The fourth-order valence-electron chi connectivity index (χ4n) is 2.40. The summed E-state index contributed by atoms with van der Waals surface area (Å²) in [7, 11) is 0. The van der Waals surface area contributed by atoms with Crippen molar-refractivity contribution >= 4 is 0 Å². The second-order valence-electron chi connectivity index (χ2n) is 4.99. The summed E-state index contributed by atoms with van der Waals surface area (Å²) in [6, 6.07) is 6.59. The molecule has 19 heavy (non-hydrogen) atoms. The number of hydrogen-bond donors (Lipinski definition) is 2. The number of nitrogens with zero attached hydrogens (tertiary/aromatic N) is 2. The van der Waals surface area contributed by atoms with Crippen LogP contribution in [0.15, 0.2) is 30.6 Å². The Balaban J connectivity index is 2.19. The molecule has 0 radical (unpaired) electrons. The van der Waals surface area contributed by atoms with E-state index >= 15 is 0 Å². The topological polar surface area (TPSA) is 55.9 Å². The quantitative estimate of drug-likeness (QED) is 0.639. The molecule has 4 nitrogen and oxygen atoms in total.